The van der Waals surface area contributed by atoms with Gasteiger partial charge in [0.1, 0.15) is 44.3 Å². The minimum Gasteiger partial charge on any atom is -0.480 e. The van der Waals surface area contributed by atoms with Gasteiger partial charge in [-0.2, -0.15) is 20.6 Å². The highest BCUT2D eigenvalue weighted by Crippen LogP contribution is 2.24. The van der Waals surface area contributed by atoms with Gasteiger partial charge in [0.25, 0.3) is 5.91 Å². The maximum absolute atomic E-state index is 11.8. The quantitative estimate of drug-likeness (QED) is 0.113. The lowest BCUT2D eigenvalue weighted by Gasteiger charge is -2.19. The molecule has 0 spiro atoms. The van der Waals surface area contributed by atoms with Crippen molar-refractivity contribution < 1.29 is 33.8 Å². The van der Waals surface area contributed by atoms with Crippen molar-refractivity contribution in [2.45, 2.75) is 120 Å². The number of nitrogens with two attached hydrogens (primary N) is 1. The third-order valence-electron chi connectivity index (χ3n) is 10.7. The van der Waals surface area contributed by atoms with E-state index in [9.17, 15) is 19.2 Å². The number of halogens is 2. The minimum atomic E-state index is -1.05. The smallest absolute Gasteiger partial charge is 0.328 e. The number of carbonyl (C=O) groups is 4. The zero-order chi connectivity index (χ0) is 56.5. The first-order valence-electron chi connectivity index (χ1n) is 23.8. The van der Waals surface area contributed by atoms with Gasteiger partial charge < -0.3 is 20.3 Å². The molecular formula is C53H57I2N15O7. The first kappa shape index (κ1) is 58.6. The van der Waals surface area contributed by atoms with Crippen molar-refractivity contribution in [3.8, 4) is 6.07 Å². The summed E-state index contributed by atoms with van der Waals surface area (Å²) in [5, 5.41) is 32.4. The van der Waals surface area contributed by atoms with Crippen LogP contribution in [0.1, 0.15) is 108 Å². The largest absolute Gasteiger partial charge is 0.480 e. The van der Waals surface area contributed by atoms with Crippen LogP contribution in [-0.4, -0.2) is 104 Å². The van der Waals surface area contributed by atoms with Crippen LogP contribution < -0.4 is 5.73 Å². The number of amides is 1. The van der Waals surface area contributed by atoms with Gasteiger partial charge in [0.15, 0.2) is 11.4 Å². The molecule has 0 fully saturated rings. The number of ether oxygens (including phenoxy) is 2. The van der Waals surface area contributed by atoms with Crippen LogP contribution >= 0.6 is 45.2 Å². The van der Waals surface area contributed by atoms with Crippen LogP contribution in [0.25, 0.3) is 32.7 Å². The van der Waals surface area contributed by atoms with E-state index in [1.165, 1.54) is 37.8 Å². The number of nitrogens with zero attached hydrogens (tertiary/aromatic N) is 14. The summed E-state index contributed by atoms with van der Waals surface area (Å²) in [4.78, 5) is 74.8. The Morgan fingerprint density at radius 1 is 0.636 bits per heavy atom. The number of hydrogen-bond donors (Lipinski definition) is 2. The van der Waals surface area contributed by atoms with E-state index in [1.807, 2.05) is 79.2 Å². The summed E-state index contributed by atoms with van der Waals surface area (Å²) < 4.78 is 16.8. The van der Waals surface area contributed by atoms with Gasteiger partial charge in [-0.15, -0.1) is 0 Å². The Morgan fingerprint density at radius 2 is 1.10 bits per heavy atom. The molecule has 8 aromatic rings. The van der Waals surface area contributed by atoms with Crippen LogP contribution in [0.3, 0.4) is 0 Å². The van der Waals surface area contributed by atoms with Crippen molar-refractivity contribution in [3.05, 3.63) is 127 Å². The van der Waals surface area contributed by atoms with E-state index in [0.29, 0.717) is 27.5 Å². The lowest BCUT2D eigenvalue weighted by Crippen LogP contribution is -2.26. The summed E-state index contributed by atoms with van der Waals surface area (Å²) >= 11 is 4.42. The average molecular weight is 1270 g/mol. The number of fused-ring (bicyclic) bond motifs is 5. The number of aryl methyl sites for hydroxylation is 5. The number of nitriles is 1. The van der Waals surface area contributed by atoms with Gasteiger partial charge in [-0.25, -0.2) is 0 Å². The monoisotopic (exact) mass is 1270 g/mol. The molecule has 0 aliphatic carbocycles. The molecule has 10 rings (SSSR count). The second-order valence-electron chi connectivity index (χ2n) is 19.6. The molecule has 0 unspecified atom stereocenters. The Kier molecular flexibility index (Phi) is 19.0. The molecule has 400 valence electrons. The van der Waals surface area contributed by atoms with E-state index in [2.05, 4.69) is 108 Å². The number of primary amides is 1. The van der Waals surface area contributed by atoms with E-state index in [1.54, 1.807) is 56.9 Å². The predicted molar refractivity (Wildman–Crippen MR) is 306 cm³/mol. The van der Waals surface area contributed by atoms with Gasteiger partial charge in [0, 0.05) is 85.5 Å². The molecule has 1 amide bonds. The lowest BCUT2D eigenvalue weighted by atomic mass is 10.2. The summed E-state index contributed by atoms with van der Waals surface area (Å²) in [6, 6.07) is 11.6. The molecule has 0 saturated heterocycles. The number of aliphatic imine (C=N–C) groups is 2. The molecular weight excluding hydrogens is 1210 g/mol. The lowest BCUT2D eigenvalue weighted by molar-refractivity contribution is -0.156. The minimum absolute atomic E-state index is 0.0415. The van der Waals surface area contributed by atoms with Gasteiger partial charge in [-0.1, -0.05) is 0 Å². The number of pyridine rings is 5. The zero-order valence-electron chi connectivity index (χ0n) is 44.4. The molecule has 22 nitrogen and oxygen atoms in total. The topological polar surface area (TPSA) is 299 Å². The third-order valence-corrected chi connectivity index (χ3v) is 12.4. The van der Waals surface area contributed by atoms with Crippen LogP contribution in [0.5, 0.6) is 0 Å². The molecule has 8 aromatic heterocycles. The summed E-state index contributed by atoms with van der Waals surface area (Å²) in [5.41, 5.74) is 16.0. The first-order valence-corrected chi connectivity index (χ1v) is 26.0. The van der Waals surface area contributed by atoms with Gasteiger partial charge in [0.05, 0.1) is 48.2 Å². The number of rotatable bonds is 7. The van der Waals surface area contributed by atoms with Crippen molar-refractivity contribution in [1.29, 1.82) is 5.26 Å². The van der Waals surface area contributed by atoms with Crippen molar-refractivity contribution in [2.75, 3.05) is 0 Å². The highest BCUT2D eigenvalue weighted by Gasteiger charge is 2.22. The number of aromatic nitrogens is 11. The Balaban J connectivity index is 0.000000159. The molecule has 2 aliphatic heterocycles. The van der Waals surface area contributed by atoms with Crippen molar-refractivity contribution in [1.82, 2.24) is 54.3 Å². The van der Waals surface area contributed by atoms with Crippen molar-refractivity contribution in [3.63, 3.8) is 0 Å². The number of carbonyl (C=O) groups excluding carboxylic acids is 3. The van der Waals surface area contributed by atoms with Gasteiger partial charge >= 0.3 is 17.9 Å². The highest BCUT2D eigenvalue weighted by molar-refractivity contribution is 14.1. The van der Waals surface area contributed by atoms with Crippen LogP contribution in [-0.2, 0) is 56.6 Å². The zero-order valence-corrected chi connectivity index (χ0v) is 48.7. The van der Waals surface area contributed by atoms with Crippen LogP contribution in [0.4, 0.5) is 0 Å². The predicted octanol–water partition coefficient (Wildman–Crippen LogP) is 7.97. The molecule has 0 radical (unpaired) electrons. The second-order valence-corrected chi connectivity index (χ2v) is 21.7. The molecule has 0 atom stereocenters. The van der Waals surface area contributed by atoms with Crippen molar-refractivity contribution in [2.24, 2.45) is 15.7 Å². The Hall–Kier alpha value is -7.67. The van der Waals surface area contributed by atoms with Crippen LogP contribution in [0.2, 0.25) is 0 Å². The number of aliphatic carboxylic acids is 1. The molecule has 77 heavy (non-hydrogen) atoms. The number of esters is 2. The molecule has 24 heteroatoms. The SMILES string of the molecule is Cc1cc2c(C#N)nn(CC(=O)OC(C)(C)C)c2cn1.Cc1cc2c(C(N)=O)nn(CC(=O)O)c2cn1.Cc1cc2c(I)nn(CC(=O)OC(C)(C)C)c2cn1.Cc1cc2c(cn1)CN=C2.Cc1cc2c(cn1)CN=C2I. The fraction of sp³-hybridized carbons (Fsp3) is 0.340. The molecule has 0 bridgehead atoms. The number of carboxylic acid groups (broad SMARTS) is 1. The van der Waals surface area contributed by atoms with Crippen molar-refractivity contribution >= 4 is 112 Å². The van der Waals surface area contributed by atoms with E-state index in [4.69, 9.17) is 25.6 Å². The summed E-state index contributed by atoms with van der Waals surface area (Å²) in [6.45, 7) is 21.8. The Morgan fingerprint density at radius 3 is 1.65 bits per heavy atom. The van der Waals surface area contributed by atoms with E-state index >= 15 is 0 Å². The standard InChI is InChI=1S/C14H16N4O2.C13H16IN3O2.C10H10N4O3.C8H7IN2.C8H8N2/c1-9-5-10-11(6-15)17-18(12(10)7-16-9)8-13(19)20-14(2,3)4;1-8-5-9-10(6-15-8)17(16-12(9)14)7-11(18)19-13(2,3)4;1-5-2-6-7(3-12-5)14(4-8(15)16)13-9(6)10(11)17;1-5-2-7-6(3-10-5)4-11-8(7)9;1-6-2-7-3-9-4-8(7)5-10-6/h5,7H,8H2,1-4H3;5-6H,7H2,1-4H3;2-3H,4H2,1H3,(H2,11,17)(H,15,16);2-3H,4H2,1H3;2-3,5H,4H2,1H3. The molecule has 2 aliphatic rings. The molecule has 0 saturated carbocycles. The first-order chi connectivity index (χ1) is 36.2. The van der Waals surface area contributed by atoms with Crippen LogP contribution in [0.15, 0.2) is 71.3 Å². The third kappa shape index (κ3) is 16.2. The van der Waals surface area contributed by atoms with E-state index in [0.717, 1.165) is 54.2 Å². The molecule has 0 aromatic carbocycles. The van der Waals surface area contributed by atoms with E-state index in [-0.39, 0.29) is 37.0 Å². The number of hydrogen-bond acceptors (Lipinski definition) is 17. The highest BCUT2D eigenvalue weighted by atomic mass is 127. The number of carboxylic acids is 1. The Labute approximate surface area is 470 Å². The summed E-state index contributed by atoms with van der Waals surface area (Å²) in [5.74, 6) is -2.43. The fourth-order valence-corrected chi connectivity index (χ4v) is 8.85. The summed E-state index contributed by atoms with van der Waals surface area (Å²) in [6.07, 6.45) is 10.6. The summed E-state index contributed by atoms with van der Waals surface area (Å²) in [7, 11) is 0. The average Bonchev–Trinajstić information content (AvgIpc) is 4.18. The fourth-order valence-electron chi connectivity index (χ4n) is 7.49. The second kappa shape index (κ2) is 25.0. The van der Waals surface area contributed by atoms with Gasteiger partial charge in [0.2, 0.25) is 0 Å². The van der Waals surface area contributed by atoms with E-state index < -0.39 is 29.0 Å². The van der Waals surface area contributed by atoms with Gasteiger partial charge in [-0.3, -0.25) is 68.1 Å². The molecule has 3 N–H and O–H groups in total. The Bertz CT molecular complexity index is 3650. The maximum atomic E-state index is 11.8. The van der Waals surface area contributed by atoms with Gasteiger partial charge in [-0.05, 0) is 152 Å². The normalized spacial score (nSPS) is 12.1. The molecule has 10 heterocycles. The van der Waals surface area contributed by atoms with Crippen LogP contribution in [0, 0.1) is 49.7 Å². The maximum Gasteiger partial charge on any atom is 0.328 e.